The molecule has 0 unspecified atom stereocenters. The number of hydrogen-bond acceptors (Lipinski definition) is 4. The number of hydrogen-bond donors (Lipinski definition) is 3. The third-order valence-electron chi connectivity index (χ3n) is 4.09. The van der Waals surface area contributed by atoms with Crippen LogP contribution in [-0.2, 0) is 4.79 Å². The first-order valence-electron chi connectivity index (χ1n) is 8.92. The highest BCUT2D eigenvalue weighted by Gasteiger charge is 2.24. The van der Waals surface area contributed by atoms with Gasteiger partial charge in [-0.1, -0.05) is 45.0 Å². The number of carbonyl (C=O) groups is 1. The molecule has 0 spiro atoms. The molecule has 0 heterocycles. The summed E-state index contributed by atoms with van der Waals surface area (Å²) >= 11 is 0. The fourth-order valence-corrected chi connectivity index (χ4v) is 3.39. The Bertz CT molecular complexity index is 915. The number of nitrogens with one attached hydrogen (secondary N) is 2. The minimum absolute atomic E-state index is 0.00543. The molecule has 0 aliphatic carbocycles. The molecular weight excluding hydrogens is 338 g/mol. The normalized spacial score (nSPS) is 12.5. The molecule has 142 valence electrons. The highest BCUT2D eigenvalue weighted by atomic mass is 16.3. The maximum atomic E-state index is 12.6. The minimum atomic E-state index is -0.493. The maximum absolute atomic E-state index is 12.6. The second kappa shape index (κ2) is 7.71. The second-order valence-corrected chi connectivity index (χ2v) is 8.57. The molecule has 1 amide bonds. The molecule has 2 aromatic carbocycles. The molecule has 3 N–H and O–H groups in total. The summed E-state index contributed by atoms with van der Waals surface area (Å²) in [5, 5.41) is 26.7. The smallest absolute Gasteiger partial charge is 0.267 e. The average molecular weight is 365 g/mol. The van der Waals surface area contributed by atoms with Gasteiger partial charge in [-0.05, 0) is 37.8 Å². The Labute approximate surface area is 160 Å². The van der Waals surface area contributed by atoms with Gasteiger partial charge in [0, 0.05) is 28.2 Å². The lowest BCUT2D eigenvalue weighted by Gasteiger charge is -2.33. The first kappa shape index (κ1) is 20.3. The van der Waals surface area contributed by atoms with Crippen molar-refractivity contribution in [3.8, 4) is 11.8 Å². The Morgan fingerprint density at radius 3 is 2.37 bits per heavy atom. The molecule has 2 aromatic rings. The second-order valence-electron chi connectivity index (χ2n) is 8.57. The van der Waals surface area contributed by atoms with Gasteiger partial charge in [0.2, 0.25) is 0 Å². The summed E-state index contributed by atoms with van der Waals surface area (Å²) < 4.78 is 0. The monoisotopic (exact) mass is 365 g/mol. The molecule has 0 aliphatic heterocycles. The van der Waals surface area contributed by atoms with E-state index in [4.69, 9.17) is 0 Å². The summed E-state index contributed by atoms with van der Waals surface area (Å²) in [6.45, 7) is 10.5. The highest BCUT2D eigenvalue weighted by Crippen LogP contribution is 2.30. The van der Waals surface area contributed by atoms with E-state index in [1.165, 1.54) is 6.20 Å². The number of benzene rings is 2. The number of rotatable bonds is 5. The van der Waals surface area contributed by atoms with E-state index < -0.39 is 5.91 Å². The molecule has 2 rings (SSSR count). The summed E-state index contributed by atoms with van der Waals surface area (Å²) in [7, 11) is 0. The first-order chi connectivity index (χ1) is 12.5. The van der Waals surface area contributed by atoms with E-state index >= 15 is 0 Å². The lowest BCUT2D eigenvalue weighted by Crippen LogP contribution is -2.39. The number of amides is 1. The number of phenols is 1. The van der Waals surface area contributed by atoms with Gasteiger partial charge < -0.3 is 15.7 Å². The number of phenolic OH excluding ortho intramolecular Hbond substituents is 1. The summed E-state index contributed by atoms with van der Waals surface area (Å²) in [4.78, 5) is 12.6. The largest absolute Gasteiger partial charge is 0.507 e. The van der Waals surface area contributed by atoms with Gasteiger partial charge >= 0.3 is 0 Å². The van der Waals surface area contributed by atoms with Crippen molar-refractivity contribution >= 4 is 22.4 Å². The Kier molecular flexibility index (Phi) is 5.80. The van der Waals surface area contributed by atoms with Gasteiger partial charge in [-0.15, -0.1) is 0 Å². The molecule has 0 aromatic heterocycles. The van der Waals surface area contributed by atoms with E-state index in [0.29, 0.717) is 16.5 Å². The molecule has 0 atom stereocenters. The zero-order valence-corrected chi connectivity index (χ0v) is 16.6. The van der Waals surface area contributed by atoms with E-state index in [1.54, 1.807) is 30.3 Å². The number of aromatic hydroxyl groups is 1. The van der Waals surface area contributed by atoms with E-state index in [0.717, 1.165) is 6.42 Å². The van der Waals surface area contributed by atoms with Gasteiger partial charge in [0.15, 0.2) is 0 Å². The number of nitrogens with zero attached hydrogens (tertiary/aromatic N) is 1. The Balaban J connectivity index is 2.21. The van der Waals surface area contributed by atoms with Gasteiger partial charge in [-0.3, -0.25) is 4.79 Å². The first-order valence-corrected chi connectivity index (χ1v) is 8.92. The predicted molar refractivity (Wildman–Crippen MR) is 109 cm³/mol. The van der Waals surface area contributed by atoms with Crippen molar-refractivity contribution in [1.29, 1.82) is 5.26 Å². The Hall–Kier alpha value is -3.00. The van der Waals surface area contributed by atoms with Crippen molar-refractivity contribution in [2.45, 2.75) is 46.6 Å². The van der Waals surface area contributed by atoms with Gasteiger partial charge in [0.1, 0.15) is 17.4 Å². The van der Waals surface area contributed by atoms with Crippen molar-refractivity contribution in [2.75, 3.05) is 5.32 Å². The van der Waals surface area contributed by atoms with Crippen LogP contribution in [0, 0.1) is 16.7 Å². The third-order valence-corrected chi connectivity index (χ3v) is 4.09. The van der Waals surface area contributed by atoms with Gasteiger partial charge in [0.05, 0.1) is 0 Å². The third kappa shape index (κ3) is 5.49. The molecule has 0 radical (unpaired) electrons. The molecular formula is C22H27N3O2. The number of fused-ring (bicyclic) bond motifs is 1. The van der Waals surface area contributed by atoms with Crippen molar-refractivity contribution in [3.63, 3.8) is 0 Å². The minimum Gasteiger partial charge on any atom is -0.507 e. The van der Waals surface area contributed by atoms with Crippen molar-refractivity contribution < 1.29 is 9.90 Å². The summed E-state index contributed by atoms with van der Waals surface area (Å²) in [5.41, 5.74) is 0.397. The molecule has 0 aliphatic rings. The van der Waals surface area contributed by atoms with Gasteiger partial charge in [-0.25, -0.2) is 0 Å². The molecule has 5 heteroatoms. The summed E-state index contributed by atoms with van der Waals surface area (Å²) in [5.74, 6) is -0.349. The van der Waals surface area contributed by atoms with E-state index in [9.17, 15) is 15.2 Å². The Morgan fingerprint density at radius 2 is 1.74 bits per heavy atom. The molecule has 0 saturated carbocycles. The summed E-state index contributed by atoms with van der Waals surface area (Å²) in [6, 6.07) is 12.3. The zero-order chi connectivity index (χ0) is 20.2. The van der Waals surface area contributed by atoms with Crippen molar-refractivity contribution in [1.82, 2.24) is 5.32 Å². The standard InChI is InChI=1S/C22H27N3O2/c1-21(2,3)14-22(4,5)24-13-15(12-23)20(27)25-18-10-6-9-17-16(18)8-7-11-19(17)26/h6-11,13,24,26H,14H2,1-5H3,(H,25,27)/b15-13-. The van der Waals surface area contributed by atoms with Crippen LogP contribution in [0.3, 0.4) is 0 Å². The number of carbonyl (C=O) groups excluding carboxylic acids is 1. The topological polar surface area (TPSA) is 85.2 Å². The van der Waals surface area contributed by atoms with Crippen LogP contribution >= 0.6 is 0 Å². The van der Waals surface area contributed by atoms with Gasteiger partial charge in [0.25, 0.3) is 5.91 Å². The van der Waals surface area contributed by atoms with Crippen molar-refractivity contribution in [2.24, 2.45) is 5.41 Å². The SMILES string of the molecule is CC(C)(C)CC(C)(C)N/C=C(/C#N)C(=O)Nc1cccc2c(O)cccc12. The zero-order valence-electron chi connectivity index (χ0n) is 16.6. The molecule has 5 nitrogen and oxygen atoms in total. The number of nitriles is 1. The molecule has 0 fully saturated rings. The molecule has 0 bridgehead atoms. The summed E-state index contributed by atoms with van der Waals surface area (Å²) in [6.07, 6.45) is 2.35. The fraction of sp³-hybridized carbons (Fsp3) is 0.364. The van der Waals surface area contributed by atoms with Crippen LogP contribution in [0.5, 0.6) is 5.75 Å². The van der Waals surface area contributed by atoms with Gasteiger partial charge in [-0.2, -0.15) is 5.26 Å². The lowest BCUT2D eigenvalue weighted by atomic mass is 9.82. The Morgan fingerprint density at radius 1 is 1.11 bits per heavy atom. The number of anilines is 1. The predicted octanol–water partition coefficient (Wildman–Crippen LogP) is 4.70. The van der Waals surface area contributed by atoms with Crippen LogP contribution < -0.4 is 10.6 Å². The fourth-order valence-electron chi connectivity index (χ4n) is 3.39. The van der Waals surface area contributed by atoms with E-state index in [-0.39, 0.29) is 22.3 Å². The van der Waals surface area contributed by atoms with Crippen molar-refractivity contribution in [3.05, 3.63) is 48.2 Å². The lowest BCUT2D eigenvalue weighted by molar-refractivity contribution is -0.112. The van der Waals surface area contributed by atoms with Crippen LogP contribution in [0.4, 0.5) is 5.69 Å². The average Bonchev–Trinajstić information content (AvgIpc) is 2.54. The van der Waals surface area contributed by atoms with Crippen LogP contribution in [-0.4, -0.2) is 16.6 Å². The maximum Gasteiger partial charge on any atom is 0.267 e. The van der Waals surface area contributed by atoms with E-state index in [2.05, 4.69) is 31.4 Å². The van der Waals surface area contributed by atoms with E-state index in [1.807, 2.05) is 26.0 Å². The molecule has 0 saturated heterocycles. The molecule has 27 heavy (non-hydrogen) atoms. The van der Waals surface area contributed by atoms with Crippen LogP contribution in [0.15, 0.2) is 48.2 Å². The van der Waals surface area contributed by atoms with Crippen LogP contribution in [0.1, 0.15) is 41.0 Å². The van der Waals surface area contributed by atoms with Crippen LogP contribution in [0.2, 0.25) is 0 Å². The van der Waals surface area contributed by atoms with Crippen LogP contribution in [0.25, 0.3) is 10.8 Å². The highest BCUT2D eigenvalue weighted by molar-refractivity contribution is 6.11. The quantitative estimate of drug-likeness (QED) is 0.530.